The highest BCUT2D eigenvalue weighted by Crippen LogP contribution is 2.47. The lowest BCUT2D eigenvalue weighted by atomic mass is 9.85. The maximum absolute atomic E-state index is 12.4. The van der Waals surface area contributed by atoms with Crippen LogP contribution in [0.1, 0.15) is 36.8 Å². The van der Waals surface area contributed by atoms with Gasteiger partial charge in [-0.05, 0) is 37.5 Å². The zero-order chi connectivity index (χ0) is 25.6. The predicted molar refractivity (Wildman–Crippen MR) is 131 cm³/mol. The van der Waals surface area contributed by atoms with Crippen molar-refractivity contribution in [2.45, 2.75) is 69.4 Å². The van der Waals surface area contributed by atoms with Crippen LogP contribution in [-0.2, 0) is 25.6 Å². The summed E-state index contributed by atoms with van der Waals surface area (Å²) in [6.45, 7) is 2.10. The van der Waals surface area contributed by atoms with Gasteiger partial charge < -0.3 is 32.8 Å². The smallest absolute Gasteiger partial charge is 0.488 e. The first-order chi connectivity index (χ1) is 18.0. The van der Waals surface area contributed by atoms with Gasteiger partial charge in [0.2, 0.25) is 12.4 Å². The summed E-state index contributed by atoms with van der Waals surface area (Å²) in [5.41, 5.74) is 0.762. The number of benzene rings is 2. The third kappa shape index (κ3) is 4.22. The number of carbonyl (C=O) groups is 1. The first-order valence-electron chi connectivity index (χ1n) is 12.5. The molecule has 1 aliphatic carbocycles. The molecule has 1 aromatic heterocycles. The van der Waals surface area contributed by atoms with E-state index in [4.69, 9.17) is 32.8 Å². The van der Waals surface area contributed by atoms with Gasteiger partial charge in [-0.3, -0.25) is 0 Å². The van der Waals surface area contributed by atoms with Gasteiger partial charge in [0.25, 0.3) is 0 Å². The Morgan fingerprint density at radius 2 is 1.73 bits per heavy atom. The van der Waals surface area contributed by atoms with Crippen molar-refractivity contribution in [3.05, 3.63) is 70.1 Å². The molecule has 194 valence electrons. The largest absolute Gasteiger partial charge is 0.509 e. The highest BCUT2D eigenvalue weighted by Gasteiger charge is 2.62. The average Bonchev–Trinajstić information content (AvgIpc) is 3.52. The second kappa shape index (κ2) is 9.39. The highest BCUT2D eigenvalue weighted by atomic mass is 16.8. The molecule has 2 aromatic carbocycles. The van der Waals surface area contributed by atoms with Crippen molar-refractivity contribution in [1.29, 1.82) is 0 Å². The second-order valence-electron chi connectivity index (χ2n) is 9.72. The van der Waals surface area contributed by atoms with Gasteiger partial charge in [0.15, 0.2) is 6.10 Å². The molecule has 0 N–H and O–H groups in total. The molecule has 0 amide bonds. The summed E-state index contributed by atoms with van der Waals surface area (Å²) in [6, 6.07) is 14.6. The molecular formula is C28H28O9. The number of aryl methyl sites for hydroxylation is 1. The Morgan fingerprint density at radius 1 is 0.973 bits per heavy atom. The van der Waals surface area contributed by atoms with Crippen LogP contribution in [0.5, 0.6) is 11.5 Å². The Balaban J connectivity index is 1.31. The normalized spacial score (nSPS) is 26.1. The number of carbonyl (C=O) groups excluding carboxylic acids is 1. The van der Waals surface area contributed by atoms with Crippen LogP contribution in [0.2, 0.25) is 0 Å². The van der Waals surface area contributed by atoms with Crippen molar-refractivity contribution in [1.82, 2.24) is 0 Å². The Labute approximate surface area is 213 Å². The molecule has 3 heterocycles. The van der Waals surface area contributed by atoms with E-state index in [2.05, 4.69) is 0 Å². The number of methoxy groups -OCH3 is 1. The number of hydrogen-bond donors (Lipinski definition) is 0. The fourth-order valence-corrected chi connectivity index (χ4v) is 5.73. The van der Waals surface area contributed by atoms with Gasteiger partial charge in [0.1, 0.15) is 35.4 Å². The van der Waals surface area contributed by atoms with Crippen molar-refractivity contribution in [2.24, 2.45) is 0 Å². The topological polar surface area (TPSA) is 103 Å². The number of ether oxygens (including phenoxy) is 6. The molecule has 2 aliphatic heterocycles. The van der Waals surface area contributed by atoms with E-state index in [0.717, 1.165) is 31.2 Å². The van der Waals surface area contributed by atoms with Gasteiger partial charge in [0, 0.05) is 12.7 Å². The number of rotatable bonds is 6. The van der Waals surface area contributed by atoms with Crippen molar-refractivity contribution < 1.29 is 37.6 Å². The Morgan fingerprint density at radius 3 is 2.49 bits per heavy atom. The van der Waals surface area contributed by atoms with Crippen molar-refractivity contribution in [3.63, 3.8) is 0 Å². The van der Waals surface area contributed by atoms with Gasteiger partial charge in [-0.15, -0.1) is 0 Å². The third-order valence-corrected chi connectivity index (χ3v) is 7.48. The third-order valence-electron chi connectivity index (χ3n) is 7.48. The van der Waals surface area contributed by atoms with E-state index in [9.17, 15) is 9.59 Å². The summed E-state index contributed by atoms with van der Waals surface area (Å²) in [7, 11) is 1.59. The molecule has 0 radical (unpaired) electrons. The number of hydrogen-bond acceptors (Lipinski definition) is 9. The molecule has 9 nitrogen and oxygen atoms in total. The molecule has 3 aliphatic rings. The molecule has 9 heteroatoms. The zero-order valence-corrected chi connectivity index (χ0v) is 20.6. The van der Waals surface area contributed by atoms with E-state index in [0.29, 0.717) is 34.6 Å². The zero-order valence-electron chi connectivity index (χ0n) is 20.6. The lowest BCUT2D eigenvalue weighted by molar-refractivity contribution is -0.292. The Kier molecular flexibility index (Phi) is 6.04. The summed E-state index contributed by atoms with van der Waals surface area (Å²) in [4.78, 5) is 24.5. The molecule has 1 unspecified atom stereocenters. The molecule has 1 saturated carbocycles. The van der Waals surface area contributed by atoms with Crippen LogP contribution < -0.4 is 15.1 Å². The molecule has 2 saturated heterocycles. The van der Waals surface area contributed by atoms with Crippen LogP contribution in [0.25, 0.3) is 11.0 Å². The molecule has 3 fully saturated rings. The molecule has 3 aromatic rings. The van der Waals surface area contributed by atoms with Crippen LogP contribution in [0, 0.1) is 6.92 Å². The van der Waals surface area contributed by atoms with Crippen molar-refractivity contribution in [3.8, 4) is 11.5 Å². The SMILES string of the molecule is CO[C@@H]1[C@H]2OC(=O)O[C@H]2C(Oc2ccc3c(OCc4ccccc4)cc(=O)oc3c2C)OC12CCCC2. The summed E-state index contributed by atoms with van der Waals surface area (Å²) < 4.78 is 41.0. The van der Waals surface area contributed by atoms with Gasteiger partial charge >= 0.3 is 11.8 Å². The quantitative estimate of drug-likeness (QED) is 0.348. The minimum absolute atomic E-state index is 0.309. The fraction of sp³-hybridized carbons (Fsp3) is 0.429. The predicted octanol–water partition coefficient (Wildman–Crippen LogP) is 4.65. The Bertz CT molecular complexity index is 1360. The summed E-state index contributed by atoms with van der Waals surface area (Å²) >= 11 is 0. The van der Waals surface area contributed by atoms with Gasteiger partial charge in [-0.25, -0.2) is 9.59 Å². The molecule has 4 atom stereocenters. The van der Waals surface area contributed by atoms with Gasteiger partial charge in [-0.1, -0.05) is 43.2 Å². The van der Waals surface area contributed by atoms with E-state index in [-0.39, 0.29) is 0 Å². The monoisotopic (exact) mass is 508 g/mol. The average molecular weight is 509 g/mol. The lowest BCUT2D eigenvalue weighted by Gasteiger charge is -2.47. The van der Waals surface area contributed by atoms with Crippen molar-refractivity contribution in [2.75, 3.05) is 7.11 Å². The van der Waals surface area contributed by atoms with Crippen LogP contribution in [0.4, 0.5) is 4.79 Å². The first-order valence-corrected chi connectivity index (χ1v) is 12.5. The summed E-state index contributed by atoms with van der Waals surface area (Å²) in [5, 5.41) is 0.644. The van der Waals surface area contributed by atoms with Gasteiger partial charge in [-0.2, -0.15) is 0 Å². The van der Waals surface area contributed by atoms with E-state index >= 15 is 0 Å². The highest BCUT2D eigenvalue weighted by molar-refractivity contribution is 5.87. The lowest BCUT2D eigenvalue weighted by Crippen LogP contribution is -2.64. The van der Waals surface area contributed by atoms with Crippen LogP contribution in [-0.4, -0.2) is 43.5 Å². The molecule has 37 heavy (non-hydrogen) atoms. The first kappa shape index (κ1) is 23.8. The molecule has 6 rings (SSSR count). The minimum atomic E-state index is -0.915. The fourth-order valence-electron chi connectivity index (χ4n) is 5.73. The van der Waals surface area contributed by atoms with Crippen LogP contribution in [0.15, 0.2) is 57.7 Å². The Hall–Kier alpha value is -3.56. The standard InChI is InChI=1S/C28H28O9/c1-16-19(11-10-18-20(14-21(29)34-22(16)18)32-15-17-8-4-3-5-9-17)33-26-24-23(35-27(30)36-24)25(31-2)28(37-26)12-6-7-13-28/h3-5,8-11,14,23-26H,6-7,12-13,15H2,1-2H3/t23-,24+,25+,26?/m0/s1. The van der Waals surface area contributed by atoms with E-state index < -0.39 is 42.0 Å². The van der Waals surface area contributed by atoms with Gasteiger partial charge in [0.05, 0.1) is 11.5 Å². The number of fused-ring (bicyclic) bond motifs is 2. The van der Waals surface area contributed by atoms with Crippen LogP contribution >= 0.6 is 0 Å². The van der Waals surface area contributed by atoms with E-state index in [1.54, 1.807) is 26.2 Å². The van der Waals surface area contributed by atoms with Crippen LogP contribution in [0.3, 0.4) is 0 Å². The second-order valence-corrected chi connectivity index (χ2v) is 9.72. The summed E-state index contributed by atoms with van der Waals surface area (Å²) in [6.07, 6.45) is -0.106. The minimum Gasteiger partial charge on any atom is -0.488 e. The summed E-state index contributed by atoms with van der Waals surface area (Å²) in [5.74, 6) is 0.858. The van der Waals surface area contributed by atoms with E-state index in [1.165, 1.54) is 6.07 Å². The molecule has 1 spiro atoms. The molecular weight excluding hydrogens is 480 g/mol. The van der Waals surface area contributed by atoms with Crippen molar-refractivity contribution >= 4 is 17.1 Å². The molecule has 0 bridgehead atoms. The maximum Gasteiger partial charge on any atom is 0.509 e. The van der Waals surface area contributed by atoms with E-state index in [1.807, 2.05) is 30.3 Å². The maximum atomic E-state index is 12.4.